The third kappa shape index (κ3) is 1.17. The zero-order chi connectivity index (χ0) is 5.98. The molecule has 0 unspecified atom stereocenters. The lowest BCUT2D eigenvalue weighted by atomic mass is 10.4. The van der Waals surface area contributed by atoms with Crippen LogP contribution < -0.4 is 0 Å². The van der Waals surface area contributed by atoms with Crippen LogP contribution in [0.25, 0.3) is 0 Å². The van der Waals surface area contributed by atoms with E-state index in [4.69, 9.17) is 23.2 Å². The van der Waals surface area contributed by atoms with Crippen LogP contribution in [0.2, 0.25) is 0 Å². The van der Waals surface area contributed by atoms with Crippen LogP contribution in [0.1, 0.15) is 10.4 Å². The molecular formula is C5H5Cl2N. The molecule has 0 saturated carbocycles. The molecule has 1 rings (SSSR count). The molecule has 0 bridgehead atoms. The van der Waals surface area contributed by atoms with Gasteiger partial charge in [-0.05, 0) is 6.07 Å². The summed E-state index contributed by atoms with van der Waals surface area (Å²) in [5, 5.41) is 0. The van der Waals surface area contributed by atoms with E-state index in [9.17, 15) is 0 Å². The predicted molar refractivity (Wildman–Crippen MR) is 35.2 cm³/mol. The number of alkyl halides is 2. The van der Waals surface area contributed by atoms with E-state index in [2.05, 4.69) is 4.98 Å². The van der Waals surface area contributed by atoms with Gasteiger partial charge in [-0.2, -0.15) is 0 Å². The zero-order valence-electron chi connectivity index (χ0n) is 4.07. The molecule has 1 nitrogen and oxygen atoms in total. The van der Waals surface area contributed by atoms with Gasteiger partial charge in [0.2, 0.25) is 0 Å². The quantitative estimate of drug-likeness (QED) is 0.592. The molecule has 0 aliphatic heterocycles. The highest BCUT2D eigenvalue weighted by Crippen LogP contribution is 2.22. The first-order chi connectivity index (χ1) is 3.80. The van der Waals surface area contributed by atoms with E-state index >= 15 is 0 Å². The SMILES string of the molecule is ClC(Cl)c1cc[nH]c1. The van der Waals surface area contributed by atoms with Crippen molar-refractivity contribution in [2.75, 3.05) is 0 Å². The summed E-state index contributed by atoms with van der Waals surface area (Å²) in [6.45, 7) is 0. The Hall–Kier alpha value is -0.140. The monoisotopic (exact) mass is 149 g/mol. The molecule has 1 N–H and O–H groups in total. The normalized spacial score (nSPS) is 10.4. The van der Waals surface area contributed by atoms with Crippen molar-refractivity contribution >= 4 is 23.2 Å². The van der Waals surface area contributed by atoms with Gasteiger partial charge in [0, 0.05) is 18.0 Å². The number of halogens is 2. The Morgan fingerprint density at radius 2 is 2.25 bits per heavy atom. The molecule has 1 aromatic heterocycles. The Bertz CT molecular complexity index is 145. The second kappa shape index (κ2) is 2.42. The molecular weight excluding hydrogens is 145 g/mol. The molecule has 8 heavy (non-hydrogen) atoms. The van der Waals surface area contributed by atoms with E-state index in [1.54, 1.807) is 12.4 Å². The fourth-order valence-electron chi connectivity index (χ4n) is 0.473. The van der Waals surface area contributed by atoms with Crippen LogP contribution in [0.15, 0.2) is 18.5 Å². The van der Waals surface area contributed by atoms with E-state index in [1.165, 1.54) is 0 Å². The Kier molecular flexibility index (Phi) is 1.81. The lowest BCUT2D eigenvalue weighted by Gasteiger charge is -1.90. The van der Waals surface area contributed by atoms with Gasteiger partial charge < -0.3 is 4.98 Å². The van der Waals surface area contributed by atoms with Gasteiger partial charge in [-0.15, -0.1) is 23.2 Å². The molecule has 44 valence electrons. The lowest BCUT2D eigenvalue weighted by molar-refractivity contribution is 1.34. The minimum absolute atomic E-state index is 0.402. The van der Waals surface area contributed by atoms with Crippen molar-refractivity contribution in [1.29, 1.82) is 0 Å². The second-order valence-electron chi connectivity index (χ2n) is 1.45. The van der Waals surface area contributed by atoms with E-state index in [-0.39, 0.29) is 0 Å². The minimum atomic E-state index is -0.402. The number of nitrogens with one attached hydrogen (secondary N) is 1. The average molecular weight is 150 g/mol. The summed E-state index contributed by atoms with van der Waals surface area (Å²) in [6.07, 6.45) is 3.55. The molecule has 0 aromatic carbocycles. The summed E-state index contributed by atoms with van der Waals surface area (Å²) in [7, 11) is 0. The van der Waals surface area contributed by atoms with Gasteiger partial charge in [-0.25, -0.2) is 0 Å². The van der Waals surface area contributed by atoms with Crippen molar-refractivity contribution in [3.05, 3.63) is 24.0 Å². The van der Waals surface area contributed by atoms with Gasteiger partial charge in [0.1, 0.15) is 4.84 Å². The second-order valence-corrected chi connectivity index (χ2v) is 2.54. The van der Waals surface area contributed by atoms with E-state index in [0.29, 0.717) is 0 Å². The first kappa shape index (κ1) is 5.99. The fraction of sp³-hybridized carbons (Fsp3) is 0.200. The first-order valence-corrected chi connectivity index (χ1v) is 3.09. The van der Waals surface area contributed by atoms with Crippen molar-refractivity contribution in [3.8, 4) is 0 Å². The standard InChI is InChI=1S/C5H5Cl2N/c6-5(7)4-1-2-8-3-4/h1-3,5,8H. The van der Waals surface area contributed by atoms with Crippen LogP contribution in [0, 0.1) is 0 Å². The molecule has 0 radical (unpaired) electrons. The van der Waals surface area contributed by atoms with Gasteiger partial charge in [-0.1, -0.05) is 0 Å². The Balaban J connectivity index is 2.77. The average Bonchev–Trinajstić information content (AvgIpc) is 2.12. The highest BCUT2D eigenvalue weighted by atomic mass is 35.5. The third-order valence-electron chi connectivity index (χ3n) is 0.874. The van der Waals surface area contributed by atoms with Gasteiger partial charge in [0.05, 0.1) is 0 Å². The number of hydrogen-bond acceptors (Lipinski definition) is 0. The third-order valence-corrected chi connectivity index (χ3v) is 1.38. The summed E-state index contributed by atoms with van der Waals surface area (Å²) >= 11 is 11.0. The highest BCUT2D eigenvalue weighted by Gasteiger charge is 2.00. The summed E-state index contributed by atoms with van der Waals surface area (Å²) < 4.78 is 0. The molecule has 0 amide bonds. The molecule has 0 atom stereocenters. The molecule has 0 aliphatic carbocycles. The van der Waals surface area contributed by atoms with Gasteiger partial charge in [0.25, 0.3) is 0 Å². The molecule has 0 aliphatic rings. The number of hydrogen-bond donors (Lipinski definition) is 1. The molecule has 0 spiro atoms. The van der Waals surface area contributed by atoms with Crippen LogP contribution in [-0.2, 0) is 0 Å². The van der Waals surface area contributed by atoms with Crippen molar-refractivity contribution in [2.45, 2.75) is 4.84 Å². The van der Waals surface area contributed by atoms with Gasteiger partial charge in [0.15, 0.2) is 0 Å². The van der Waals surface area contributed by atoms with Crippen LogP contribution >= 0.6 is 23.2 Å². The van der Waals surface area contributed by atoms with E-state index < -0.39 is 4.84 Å². The van der Waals surface area contributed by atoms with Crippen LogP contribution in [0.5, 0.6) is 0 Å². The summed E-state index contributed by atoms with van der Waals surface area (Å²) in [5.74, 6) is 0. The smallest absolute Gasteiger partial charge is 0.134 e. The Morgan fingerprint density at radius 3 is 2.50 bits per heavy atom. The van der Waals surface area contributed by atoms with Crippen molar-refractivity contribution in [3.63, 3.8) is 0 Å². The molecule has 0 fully saturated rings. The molecule has 1 heterocycles. The maximum Gasteiger partial charge on any atom is 0.134 e. The van der Waals surface area contributed by atoms with Gasteiger partial charge in [-0.3, -0.25) is 0 Å². The highest BCUT2D eigenvalue weighted by molar-refractivity contribution is 6.44. The van der Waals surface area contributed by atoms with E-state index in [0.717, 1.165) is 5.56 Å². The van der Waals surface area contributed by atoms with Crippen LogP contribution in [0.4, 0.5) is 0 Å². The predicted octanol–water partition coefficient (Wildman–Crippen LogP) is 2.49. The number of H-pyrrole nitrogens is 1. The minimum Gasteiger partial charge on any atom is -0.367 e. The maximum atomic E-state index is 5.49. The topological polar surface area (TPSA) is 15.8 Å². The van der Waals surface area contributed by atoms with Crippen LogP contribution in [-0.4, -0.2) is 4.98 Å². The van der Waals surface area contributed by atoms with E-state index in [1.807, 2.05) is 6.07 Å². The Morgan fingerprint density at radius 1 is 1.50 bits per heavy atom. The maximum absolute atomic E-state index is 5.49. The fourth-order valence-corrected chi connectivity index (χ4v) is 0.744. The molecule has 0 saturated heterocycles. The summed E-state index contributed by atoms with van der Waals surface area (Å²) in [5.41, 5.74) is 0.910. The molecule has 3 heteroatoms. The van der Waals surface area contributed by atoms with Crippen LogP contribution in [0.3, 0.4) is 0 Å². The van der Waals surface area contributed by atoms with Crippen molar-refractivity contribution in [1.82, 2.24) is 4.98 Å². The largest absolute Gasteiger partial charge is 0.367 e. The summed E-state index contributed by atoms with van der Waals surface area (Å²) in [4.78, 5) is 2.44. The summed E-state index contributed by atoms with van der Waals surface area (Å²) in [6, 6.07) is 1.84. The first-order valence-electron chi connectivity index (χ1n) is 2.21. The number of rotatable bonds is 1. The van der Waals surface area contributed by atoms with Gasteiger partial charge >= 0.3 is 0 Å². The molecule has 1 aromatic rings. The zero-order valence-corrected chi connectivity index (χ0v) is 5.58. The van der Waals surface area contributed by atoms with Crippen molar-refractivity contribution in [2.24, 2.45) is 0 Å². The lowest BCUT2D eigenvalue weighted by Crippen LogP contribution is -1.71. The van der Waals surface area contributed by atoms with Crippen molar-refractivity contribution < 1.29 is 0 Å². The number of aromatic amines is 1. The Labute approximate surface area is 57.6 Å². The number of aromatic nitrogens is 1.